The lowest BCUT2D eigenvalue weighted by molar-refractivity contribution is -0.116. The minimum atomic E-state index is -0.404. The molecule has 0 bridgehead atoms. The minimum Gasteiger partial charge on any atom is -0.497 e. The quantitative estimate of drug-likeness (QED) is 0.690. The Morgan fingerprint density at radius 2 is 1.81 bits per heavy atom. The number of hydrogen-bond acceptors (Lipinski definition) is 4. The molecule has 26 heavy (non-hydrogen) atoms. The molecule has 0 radical (unpaired) electrons. The third kappa shape index (κ3) is 3.85. The number of aromatic nitrogens is 1. The fraction of sp³-hybridized carbons (Fsp3) is 0.200. The number of esters is 1. The van der Waals surface area contributed by atoms with E-state index in [2.05, 4.69) is 10.1 Å². The third-order valence-corrected chi connectivity index (χ3v) is 4.15. The molecule has 0 aliphatic rings. The highest BCUT2D eigenvalue weighted by Gasteiger charge is 2.08. The number of nitrogens with one attached hydrogen (secondary N) is 1. The zero-order chi connectivity index (χ0) is 18.5. The van der Waals surface area contributed by atoms with Crippen molar-refractivity contribution in [1.29, 1.82) is 0 Å². The molecule has 2 aromatic carbocycles. The maximum absolute atomic E-state index is 12.2. The van der Waals surface area contributed by atoms with E-state index in [1.165, 1.54) is 7.11 Å². The molecule has 6 nitrogen and oxygen atoms in total. The van der Waals surface area contributed by atoms with E-state index in [4.69, 9.17) is 4.74 Å². The van der Waals surface area contributed by atoms with Gasteiger partial charge in [-0.25, -0.2) is 4.79 Å². The van der Waals surface area contributed by atoms with E-state index in [1.807, 2.05) is 35.0 Å². The summed E-state index contributed by atoms with van der Waals surface area (Å²) in [4.78, 5) is 23.6. The zero-order valence-corrected chi connectivity index (χ0v) is 14.7. The summed E-state index contributed by atoms with van der Waals surface area (Å²) in [6.07, 6.45) is 2.30. The van der Waals surface area contributed by atoms with E-state index in [9.17, 15) is 9.59 Å². The van der Waals surface area contributed by atoms with Gasteiger partial charge in [-0.15, -0.1) is 0 Å². The molecule has 0 saturated heterocycles. The molecule has 1 N–H and O–H groups in total. The van der Waals surface area contributed by atoms with Gasteiger partial charge in [-0.1, -0.05) is 0 Å². The molecule has 6 heteroatoms. The lowest BCUT2D eigenvalue weighted by Gasteiger charge is -2.08. The van der Waals surface area contributed by atoms with Gasteiger partial charge in [0, 0.05) is 35.8 Å². The molecule has 0 spiro atoms. The van der Waals surface area contributed by atoms with Crippen LogP contribution in [0.4, 0.5) is 5.69 Å². The summed E-state index contributed by atoms with van der Waals surface area (Å²) in [5.74, 6) is 0.313. The van der Waals surface area contributed by atoms with Crippen LogP contribution in [-0.4, -0.2) is 30.7 Å². The summed E-state index contributed by atoms with van der Waals surface area (Å²) in [5.41, 5.74) is 2.14. The van der Waals surface area contributed by atoms with Crippen LogP contribution in [0.25, 0.3) is 10.9 Å². The van der Waals surface area contributed by atoms with E-state index >= 15 is 0 Å². The maximum Gasteiger partial charge on any atom is 0.337 e. The van der Waals surface area contributed by atoms with E-state index in [0.717, 1.165) is 16.7 Å². The molecule has 0 saturated carbocycles. The van der Waals surface area contributed by atoms with Gasteiger partial charge in [-0.05, 0) is 48.5 Å². The molecule has 0 aliphatic carbocycles. The average molecular weight is 352 g/mol. The van der Waals surface area contributed by atoms with Gasteiger partial charge in [-0.3, -0.25) is 4.79 Å². The summed E-state index contributed by atoms with van der Waals surface area (Å²) < 4.78 is 11.9. The fourth-order valence-corrected chi connectivity index (χ4v) is 2.75. The van der Waals surface area contributed by atoms with Crippen LogP contribution < -0.4 is 10.1 Å². The lowest BCUT2D eigenvalue weighted by atomic mass is 10.2. The first-order valence-electron chi connectivity index (χ1n) is 8.22. The molecule has 3 rings (SSSR count). The number of methoxy groups -OCH3 is 2. The van der Waals surface area contributed by atoms with Crippen molar-refractivity contribution < 1.29 is 19.1 Å². The number of amides is 1. The van der Waals surface area contributed by atoms with Crippen molar-refractivity contribution in [3.63, 3.8) is 0 Å². The van der Waals surface area contributed by atoms with Gasteiger partial charge in [0.2, 0.25) is 5.91 Å². The Morgan fingerprint density at radius 1 is 1.04 bits per heavy atom. The van der Waals surface area contributed by atoms with Gasteiger partial charge >= 0.3 is 5.97 Å². The summed E-state index contributed by atoms with van der Waals surface area (Å²) in [6, 6.07) is 14.5. The first-order valence-corrected chi connectivity index (χ1v) is 8.22. The molecule has 1 heterocycles. The van der Waals surface area contributed by atoms with Crippen LogP contribution in [0.5, 0.6) is 5.75 Å². The molecule has 1 aromatic heterocycles. The van der Waals surface area contributed by atoms with E-state index in [-0.39, 0.29) is 5.91 Å². The summed E-state index contributed by atoms with van der Waals surface area (Å²) in [6.45, 7) is 0.571. The maximum atomic E-state index is 12.2. The van der Waals surface area contributed by atoms with Crippen LogP contribution in [0.2, 0.25) is 0 Å². The highest BCUT2D eigenvalue weighted by Crippen LogP contribution is 2.22. The second kappa shape index (κ2) is 7.74. The molecule has 1 amide bonds. The van der Waals surface area contributed by atoms with Crippen LogP contribution in [0.15, 0.2) is 54.7 Å². The van der Waals surface area contributed by atoms with Crippen LogP contribution in [-0.2, 0) is 16.1 Å². The number of ether oxygens (including phenoxy) is 2. The van der Waals surface area contributed by atoms with E-state index in [0.29, 0.717) is 24.2 Å². The molecule has 0 aliphatic heterocycles. The first kappa shape index (κ1) is 17.5. The lowest BCUT2D eigenvalue weighted by Crippen LogP contribution is -2.14. The smallest absolute Gasteiger partial charge is 0.337 e. The molecule has 134 valence electrons. The molecule has 0 fully saturated rings. The first-order chi connectivity index (χ1) is 12.6. The Hall–Kier alpha value is -3.28. The highest BCUT2D eigenvalue weighted by atomic mass is 16.5. The predicted octanol–water partition coefficient (Wildman–Crippen LogP) is 3.47. The highest BCUT2D eigenvalue weighted by molar-refractivity contribution is 5.93. The summed E-state index contributed by atoms with van der Waals surface area (Å²) >= 11 is 0. The van der Waals surface area contributed by atoms with Gasteiger partial charge < -0.3 is 19.4 Å². The number of anilines is 1. The van der Waals surface area contributed by atoms with Crippen molar-refractivity contribution >= 4 is 28.5 Å². The Kier molecular flexibility index (Phi) is 5.22. The van der Waals surface area contributed by atoms with Crippen LogP contribution in [0, 0.1) is 0 Å². The van der Waals surface area contributed by atoms with Gasteiger partial charge in [0.25, 0.3) is 0 Å². The topological polar surface area (TPSA) is 69.6 Å². The van der Waals surface area contributed by atoms with Crippen molar-refractivity contribution in [2.45, 2.75) is 13.0 Å². The van der Waals surface area contributed by atoms with Crippen molar-refractivity contribution in [3.8, 4) is 5.75 Å². The molecule has 0 atom stereocenters. The fourth-order valence-electron chi connectivity index (χ4n) is 2.75. The van der Waals surface area contributed by atoms with Crippen LogP contribution in [0.1, 0.15) is 16.8 Å². The summed E-state index contributed by atoms with van der Waals surface area (Å²) in [7, 11) is 2.97. The largest absolute Gasteiger partial charge is 0.497 e. The van der Waals surface area contributed by atoms with Gasteiger partial charge in [0.1, 0.15) is 5.75 Å². The number of rotatable bonds is 6. The predicted molar refractivity (Wildman–Crippen MR) is 99.5 cm³/mol. The van der Waals surface area contributed by atoms with Crippen molar-refractivity contribution in [2.24, 2.45) is 0 Å². The van der Waals surface area contributed by atoms with Gasteiger partial charge in [0.15, 0.2) is 0 Å². The summed E-state index contributed by atoms with van der Waals surface area (Å²) in [5, 5.41) is 3.90. The number of hydrogen-bond donors (Lipinski definition) is 1. The second-order valence-corrected chi connectivity index (χ2v) is 5.80. The third-order valence-electron chi connectivity index (χ3n) is 4.15. The normalized spacial score (nSPS) is 10.5. The average Bonchev–Trinajstić information content (AvgIpc) is 3.08. The Morgan fingerprint density at radius 3 is 2.50 bits per heavy atom. The standard InChI is InChI=1S/C20H20N2O4/c1-25-17-7-8-18-15(13-17)9-11-22(18)12-10-19(23)21-16-5-3-14(4-6-16)20(24)26-2/h3-9,11,13H,10,12H2,1-2H3,(H,21,23). The molecule has 0 unspecified atom stereocenters. The number of nitrogens with zero attached hydrogens (tertiary/aromatic N) is 1. The SMILES string of the molecule is COC(=O)c1ccc(NC(=O)CCn2ccc3cc(OC)ccc32)cc1. The van der Waals surface area contributed by atoms with Crippen molar-refractivity contribution in [1.82, 2.24) is 4.57 Å². The van der Waals surface area contributed by atoms with Crippen LogP contribution >= 0.6 is 0 Å². The van der Waals surface area contributed by atoms with Gasteiger partial charge in [0.05, 0.1) is 19.8 Å². The minimum absolute atomic E-state index is 0.0915. The number of carbonyl (C=O) groups is 2. The zero-order valence-electron chi connectivity index (χ0n) is 14.7. The Balaban J connectivity index is 1.60. The number of carbonyl (C=O) groups excluding carboxylic acids is 2. The van der Waals surface area contributed by atoms with E-state index < -0.39 is 5.97 Å². The number of fused-ring (bicyclic) bond motifs is 1. The van der Waals surface area contributed by atoms with Crippen LogP contribution in [0.3, 0.4) is 0 Å². The number of aryl methyl sites for hydroxylation is 1. The van der Waals surface area contributed by atoms with E-state index in [1.54, 1.807) is 31.4 Å². The van der Waals surface area contributed by atoms with Crippen molar-refractivity contribution in [2.75, 3.05) is 19.5 Å². The number of benzene rings is 2. The molecule has 3 aromatic rings. The van der Waals surface area contributed by atoms with Crippen molar-refractivity contribution in [3.05, 3.63) is 60.3 Å². The molecular formula is C20H20N2O4. The van der Waals surface area contributed by atoms with Gasteiger partial charge in [-0.2, -0.15) is 0 Å². The Labute approximate surface area is 151 Å². The second-order valence-electron chi connectivity index (χ2n) is 5.80. The monoisotopic (exact) mass is 352 g/mol. The Bertz CT molecular complexity index is 929. The molecular weight excluding hydrogens is 332 g/mol.